The van der Waals surface area contributed by atoms with Gasteiger partial charge in [-0.25, -0.2) is 0 Å². The number of nitrogens with two attached hydrogens (primary N) is 1. The third-order valence-corrected chi connectivity index (χ3v) is 4.16. The van der Waals surface area contributed by atoms with Crippen molar-refractivity contribution in [1.82, 2.24) is 0 Å². The molecule has 0 unspecified atom stereocenters. The summed E-state index contributed by atoms with van der Waals surface area (Å²) in [6.45, 7) is 5.89. The maximum Gasteiger partial charge on any atom is 0.0872 e. The first-order chi connectivity index (χ1) is 11.5. The topological polar surface area (TPSA) is 50.7 Å². The van der Waals surface area contributed by atoms with Gasteiger partial charge in [0, 0.05) is 0 Å². The lowest BCUT2D eigenvalue weighted by molar-refractivity contribution is 1.16. The Kier molecular flexibility index (Phi) is 6.33. The van der Waals surface area contributed by atoms with Crippen LogP contribution < -0.4 is 5.73 Å². The highest BCUT2D eigenvalue weighted by Gasteiger charge is 2.07. The number of rotatable bonds is 5. The van der Waals surface area contributed by atoms with Crippen LogP contribution in [0.4, 0.5) is 0 Å². The highest BCUT2D eigenvalue weighted by atomic mass is 35.5. The zero-order valence-electron chi connectivity index (χ0n) is 14.3. The van der Waals surface area contributed by atoms with Crippen LogP contribution in [0, 0.1) is 6.92 Å². The van der Waals surface area contributed by atoms with E-state index in [-0.39, 0.29) is 0 Å². The Balaban J connectivity index is 2.30. The van der Waals surface area contributed by atoms with E-state index in [4.69, 9.17) is 17.3 Å². The summed E-state index contributed by atoms with van der Waals surface area (Å²) < 4.78 is 0. The van der Waals surface area contributed by atoms with Gasteiger partial charge in [0.2, 0.25) is 0 Å². The third kappa shape index (κ3) is 4.56. The van der Waals surface area contributed by atoms with Crippen LogP contribution in [0.2, 0.25) is 0 Å². The van der Waals surface area contributed by atoms with E-state index >= 15 is 0 Å². The fourth-order valence-corrected chi connectivity index (χ4v) is 2.34. The summed E-state index contributed by atoms with van der Waals surface area (Å²) in [7, 11) is 0. The molecule has 0 fully saturated rings. The smallest absolute Gasteiger partial charge is 0.0872 e. The first kappa shape index (κ1) is 18.0. The van der Waals surface area contributed by atoms with Gasteiger partial charge in [0.05, 0.1) is 22.2 Å². The highest BCUT2D eigenvalue weighted by molar-refractivity contribution is 6.46. The largest absolute Gasteiger partial charge is 0.397 e. The molecule has 0 aromatic heterocycles. The molecule has 0 heterocycles. The summed E-state index contributed by atoms with van der Waals surface area (Å²) >= 11 is 6.38. The van der Waals surface area contributed by atoms with Gasteiger partial charge in [0.1, 0.15) is 0 Å². The molecule has 0 aliphatic rings. The molecule has 3 nitrogen and oxygen atoms in total. The second kappa shape index (κ2) is 8.46. The van der Waals surface area contributed by atoms with E-state index in [1.54, 1.807) is 0 Å². The highest BCUT2D eigenvalue weighted by Crippen LogP contribution is 2.19. The SMILES string of the molecule is CC/C(=N/N=C(C)\C(Cl)=C(/N)c1ccc(C)cc1)c1ccccc1. The normalized spacial score (nSPS) is 13.7. The molecular formula is C20H22ClN3. The van der Waals surface area contributed by atoms with Crippen molar-refractivity contribution >= 4 is 28.7 Å². The molecule has 0 saturated carbocycles. The summed E-state index contributed by atoms with van der Waals surface area (Å²) in [5.74, 6) is 0. The minimum Gasteiger partial charge on any atom is -0.397 e. The average molecular weight is 340 g/mol. The number of hydrogen-bond donors (Lipinski definition) is 1. The van der Waals surface area contributed by atoms with Gasteiger partial charge in [-0.2, -0.15) is 10.2 Å². The lowest BCUT2D eigenvalue weighted by atomic mass is 10.1. The second-order valence-electron chi connectivity index (χ2n) is 5.55. The molecule has 2 aromatic rings. The predicted molar refractivity (Wildman–Crippen MR) is 105 cm³/mol. The van der Waals surface area contributed by atoms with Gasteiger partial charge in [-0.3, -0.25) is 0 Å². The van der Waals surface area contributed by atoms with Crippen LogP contribution in [0.15, 0.2) is 69.8 Å². The molecule has 0 aliphatic carbocycles. The minimum atomic E-state index is 0.422. The van der Waals surface area contributed by atoms with Gasteiger partial charge in [0.15, 0.2) is 0 Å². The number of nitrogens with zero attached hydrogens (tertiary/aromatic N) is 2. The molecule has 24 heavy (non-hydrogen) atoms. The molecule has 2 rings (SSSR count). The van der Waals surface area contributed by atoms with Gasteiger partial charge in [-0.05, 0) is 31.4 Å². The standard InChI is InChI=1S/C20H22ClN3/c1-4-18(16-8-6-5-7-9-16)24-23-15(3)19(21)20(22)17-12-10-14(2)11-13-17/h5-13H,4,22H2,1-3H3/b20-19+,23-15-,24-18-. The molecule has 2 N–H and O–H groups in total. The molecule has 0 amide bonds. The Morgan fingerprint density at radius 2 is 1.58 bits per heavy atom. The molecule has 4 heteroatoms. The minimum absolute atomic E-state index is 0.422. The number of halogens is 1. The third-order valence-electron chi connectivity index (χ3n) is 3.68. The van der Waals surface area contributed by atoms with Crippen LogP contribution in [0.3, 0.4) is 0 Å². The van der Waals surface area contributed by atoms with Gasteiger partial charge in [-0.15, -0.1) is 0 Å². The van der Waals surface area contributed by atoms with Crippen molar-refractivity contribution in [2.24, 2.45) is 15.9 Å². The van der Waals surface area contributed by atoms with Gasteiger partial charge in [0.25, 0.3) is 0 Å². The number of hydrogen-bond acceptors (Lipinski definition) is 3. The zero-order chi connectivity index (χ0) is 17.5. The van der Waals surface area contributed by atoms with Crippen LogP contribution in [-0.4, -0.2) is 11.4 Å². The molecule has 0 saturated heterocycles. The maximum atomic E-state index is 6.38. The molecule has 0 bridgehead atoms. The van der Waals surface area contributed by atoms with E-state index < -0.39 is 0 Å². The van der Waals surface area contributed by atoms with Crippen LogP contribution in [0.5, 0.6) is 0 Å². The predicted octanol–water partition coefficient (Wildman–Crippen LogP) is 5.14. The van der Waals surface area contributed by atoms with Crippen molar-refractivity contribution < 1.29 is 0 Å². The monoisotopic (exact) mass is 339 g/mol. The molecule has 0 spiro atoms. The molecule has 124 valence electrons. The van der Waals surface area contributed by atoms with Crippen molar-refractivity contribution in [3.63, 3.8) is 0 Å². The lowest BCUT2D eigenvalue weighted by Crippen LogP contribution is -2.05. The van der Waals surface area contributed by atoms with Gasteiger partial charge < -0.3 is 5.73 Å². The molecule has 2 aromatic carbocycles. The van der Waals surface area contributed by atoms with Crippen LogP contribution >= 0.6 is 11.6 Å². The fourth-order valence-electron chi connectivity index (χ4n) is 2.20. The van der Waals surface area contributed by atoms with E-state index in [1.807, 2.05) is 68.4 Å². The number of aryl methyl sites for hydroxylation is 1. The van der Waals surface area contributed by atoms with Crippen molar-refractivity contribution in [2.75, 3.05) is 0 Å². The Bertz CT molecular complexity index is 772. The van der Waals surface area contributed by atoms with E-state index in [2.05, 4.69) is 17.1 Å². The first-order valence-corrected chi connectivity index (χ1v) is 8.30. The van der Waals surface area contributed by atoms with Crippen LogP contribution in [0.1, 0.15) is 37.0 Å². The average Bonchev–Trinajstić information content (AvgIpc) is 2.62. The van der Waals surface area contributed by atoms with Crippen molar-refractivity contribution in [2.45, 2.75) is 27.2 Å². The molecular weight excluding hydrogens is 318 g/mol. The Labute approximate surface area is 148 Å². The molecule has 0 radical (unpaired) electrons. The fraction of sp³-hybridized carbons (Fsp3) is 0.200. The Morgan fingerprint density at radius 3 is 2.17 bits per heavy atom. The van der Waals surface area contributed by atoms with Gasteiger partial charge >= 0.3 is 0 Å². The number of benzene rings is 2. The van der Waals surface area contributed by atoms with Crippen LogP contribution in [-0.2, 0) is 0 Å². The zero-order valence-corrected chi connectivity index (χ0v) is 15.0. The van der Waals surface area contributed by atoms with E-state index in [1.165, 1.54) is 5.56 Å². The summed E-state index contributed by atoms with van der Waals surface area (Å²) in [5, 5.41) is 9.05. The van der Waals surface area contributed by atoms with E-state index in [0.717, 1.165) is 23.3 Å². The van der Waals surface area contributed by atoms with Crippen molar-refractivity contribution in [3.8, 4) is 0 Å². The van der Waals surface area contributed by atoms with Crippen LogP contribution in [0.25, 0.3) is 5.70 Å². The first-order valence-electron chi connectivity index (χ1n) is 7.92. The second-order valence-corrected chi connectivity index (χ2v) is 5.92. The maximum absolute atomic E-state index is 6.38. The lowest BCUT2D eigenvalue weighted by Gasteiger charge is -2.06. The van der Waals surface area contributed by atoms with E-state index in [0.29, 0.717) is 16.4 Å². The van der Waals surface area contributed by atoms with Crippen molar-refractivity contribution in [1.29, 1.82) is 0 Å². The Hall–Kier alpha value is -2.39. The summed E-state index contributed by atoms with van der Waals surface area (Å²) in [6.07, 6.45) is 0.787. The summed E-state index contributed by atoms with van der Waals surface area (Å²) in [4.78, 5) is 0. The van der Waals surface area contributed by atoms with E-state index in [9.17, 15) is 0 Å². The Morgan fingerprint density at radius 1 is 0.958 bits per heavy atom. The summed E-state index contributed by atoms with van der Waals surface area (Å²) in [5.41, 5.74) is 11.3. The molecule has 0 aliphatic heterocycles. The number of allylic oxidation sites excluding steroid dienone is 1. The van der Waals surface area contributed by atoms with Crippen molar-refractivity contribution in [3.05, 3.63) is 76.3 Å². The van der Waals surface area contributed by atoms with Gasteiger partial charge in [-0.1, -0.05) is 78.7 Å². The summed E-state index contributed by atoms with van der Waals surface area (Å²) in [6, 6.07) is 17.9. The quantitative estimate of drug-likeness (QED) is 0.595. The molecule has 0 atom stereocenters.